The predicted octanol–water partition coefficient (Wildman–Crippen LogP) is 2.26. The number of nitrogens with zero attached hydrogens (tertiary/aromatic N) is 1. The molecule has 1 aromatic heterocycles. The Morgan fingerprint density at radius 2 is 1.90 bits per heavy atom. The molecule has 10 heteroatoms. The topological polar surface area (TPSA) is 118 Å². The zero-order valence-corrected chi connectivity index (χ0v) is 17.6. The van der Waals surface area contributed by atoms with Gasteiger partial charge in [-0.05, 0) is 47.7 Å². The molecule has 162 valence electrons. The summed E-state index contributed by atoms with van der Waals surface area (Å²) in [4.78, 5) is 49.7. The van der Waals surface area contributed by atoms with Crippen molar-refractivity contribution < 1.29 is 28.3 Å². The number of methoxy groups -OCH3 is 1. The molecule has 31 heavy (non-hydrogen) atoms. The summed E-state index contributed by atoms with van der Waals surface area (Å²) in [6.07, 6.45) is 3.09. The fourth-order valence-electron chi connectivity index (χ4n) is 2.72. The first-order chi connectivity index (χ1) is 15.0. The van der Waals surface area contributed by atoms with Gasteiger partial charge in [0.1, 0.15) is 5.75 Å². The molecule has 0 saturated carbocycles. The lowest BCUT2D eigenvalue weighted by Gasteiger charge is -2.13. The van der Waals surface area contributed by atoms with Gasteiger partial charge in [0.25, 0.3) is 17.1 Å². The molecular weight excluding hydrogens is 422 g/mol. The lowest BCUT2D eigenvalue weighted by atomic mass is 10.2. The molecule has 2 heterocycles. The molecule has 0 atom stereocenters. The number of furan rings is 1. The van der Waals surface area contributed by atoms with Crippen molar-refractivity contribution in [2.45, 2.75) is 6.42 Å². The normalized spacial score (nSPS) is 14.7. The van der Waals surface area contributed by atoms with E-state index in [1.54, 1.807) is 43.5 Å². The largest absolute Gasteiger partial charge is 0.497 e. The van der Waals surface area contributed by atoms with Gasteiger partial charge in [0.2, 0.25) is 5.91 Å². The second-order valence-electron chi connectivity index (χ2n) is 6.44. The molecule has 0 aliphatic carbocycles. The fourth-order valence-corrected chi connectivity index (χ4v) is 3.59. The van der Waals surface area contributed by atoms with Gasteiger partial charge in [-0.3, -0.25) is 24.1 Å². The van der Waals surface area contributed by atoms with E-state index in [2.05, 4.69) is 10.6 Å². The number of benzene rings is 1. The van der Waals surface area contributed by atoms with Gasteiger partial charge >= 0.3 is 0 Å². The number of nitrogens with one attached hydrogen (secondary N) is 2. The van der Waals surface area contributed by atoms with E-state index in [4.69, 9.17) is 9.15 Å². The first-order valence-electron chi connectivity index (χ1n) is 9.46. The standard InChI is InChI=1S/C21H21N3O6S/c1-29-15-6-4-14(5-7-15)13-17-20(27)24(21(28)31-17)11-10-22-18(25)8-9-23-19(26)16-3-2-12-30-16/h2-7,12-13H,8-11H2,1H3,(H,22,25)(H,23,26). The minimum Gasteiger partial charge on any atom is -0.497 e. The summed E-state index contributed by atoms with van der Waals surface area (Å²) in [5.41, 5.74) is 0.774. The maximum atomic E-state index is 12.5. The number of ether oxygens (including phenoxy) is 1. The Balaban J connectivity index is 1.42. The smallest absolute Gasteiger partial charge is 0.293 e. The molecule has 2 aromatic rings. The van der Waals surface area contributed by atoms with Crippen molar-refractivity contribution in [2.75, 3.05) is 26.7 Å². The van der Waals surface area contributed by atoms with Crippen LogP contribution in [-0.2, 0) is 9.59 Å². The summed E-state index contributed by atoms with van der Waals surface area (Å²) in [7, 11) is 1.57. The Morgan fingerprint density at radius 1 is 1.13 bits per heavy atom. The van der Waals surface area contributed by atoms with Crippen molar-refractivity contribution in [1.29, 1.82) is 0 Å². The SMILES string of the molecule is COc1ccc(C=C2SC(=O)N(CCNC(=O)CCNC(=O)c3ccco3)C2=O)cc1. The van der Waals surface area contributed by atoms with Crippen LogP contribution in [0.5, 0.6) is 5.75 Å². The van der Waals surface area contributed by atoms with Crippen LogP contribution < -0.4 is 15.4 Å². The third-order valence-corrected chi connectivity index (χ3v) is 5.23. The van der Waals surface area contributed by atoms with Crippen LogP contribution in [0, 0.1) is 0 Å². The van der Waals surface area contributed by atoms with Crippen LogP contribution >= 0.6 is 11.8 Å². The average molecular weight is 443 g/mol. The molecule has 0 spiro atoms. The summed E-state index contributed by atoms with van der Waals surface area (Å²) < 4.78 is 10.1. The van der Waals surface area contributed by atoms with E-state index in [0.717, 1.165) is 22.2 Å². The van der Waals surface area contributed by atoms with Crippen LogP contribution in [0.1, 0.15) is 22.5 Å². The van der Waals surface area contributed by atoms with Gasteiger partial charge in [0.05, 0.1) is 18.3 Å². The highest BCUT2D eigenvalue weighted by molar-refractivity contribution is 8.18. The Kier molecular flexibility index (Phi) is 7.50. The van der Waals surface area contributed by atoms with Crippen LogP contribution in [0.2, 0.25) is 0 Å². The number of thioether (sulfide) groups is 1. The second kappa shape index (κ2) is 10.5. The monoisotopic (exact) mass is 443 g/mol. The number of hydrogen-bond acceptors (Lipinski definition) is 7. The Hall–Kier alpha value is -3.53. The zero-order valence-electron chi connectivity index (χ0n) is 16.8. The molecule has 0 unspecified atom stereocenters. The molecule has 9 nitrogen and oxygen atoms in total. The van der Waals surface area contributed by atoms with Crippen molar-refractivity contribution in [3.63, 3.8) is 0 Å². The summed E-state index contributed by atoms with van der Waals surface area (Å²) >= 11 is 0.859. The molecule has 4 amide bonds. The molecule has 1 aliphatic heterocycles. The highest BCUT2D eigenvalue weighted by Gasteiger charge is 2.34. The molecule has 0 radical (unpaired) electrons. The van der Waals surface area contributed by atoms with Gasteiger partial charge in [-0.2, -0.15) is 0 Å². The maximum Gasteiger partial charge on any atom is 0.293 e. The number of amides is 4. The van der Waals surface area contributed by atoms with Gasteiger partial charge in [-0.1, -0.05) is 12.1 Å². The molecule has 3 rings (SSSR count). The van der Waals surface area contributed by atoms with E-state index in [1.165, 1.54) is 12.3 Å². The van der Waals surface area contributed by atoms with E-state index in [1.807, 2.05) is 0 Å². The number of imide groups is 1. The highest BCUT2D eigenvalue weighted by Crippen LogP contribution is 2.32. The Bertz CT molecular complexity index is 985. The van der Waals surface area contributed by atoms with Crippen molar-refractivity contribution in [3.05, 3.63) is 58.9 Å². The number of rotatable bonds is 9. The van der Waals surface area contributed by atoms with Crippen LogP contribution in [-0.4, -0.2) is 54.6 Å². The Morgan fingerprint density at radius 3 is 2.58 bits per heavy atom. The maximum absolute atomic E-state index is 12.5. The van der Waals surface area contributed by atoms with Crippen LogP contribution in [0.15, 0.2) is 52.0 Å². The molecular formula is C21H21N3O6S. The first-order valence-corrected chi connectivity index (χ1v) is 10.3. The van der Waals surface area contributed by atoms with Gasteiger partial charge in [-0.25, -0.2) is 0 Å². The van der Waals surface area contributed by atoms with Crippen molar-refractivity contribution >= 4 is 40.8 Å². The molecule has 2 N–H and O–H groups in total. The van der Waals surface area contributed by atoms with Crippen LogP contribution in [0.4, 0.5) is 4.79 Å². The quantitative estimate of drug-likeness (QED) is 0.571. The molecule has 1 aromatic carbocycles. The van der Waals surface area contributed by atoms with E-state index in [-0.39, 0.29) is 43.0 Å². The average Bonchev–Trinajstić information content (AvgIpc) is 3.39. The third-order valence-electron chi connectivity index (χ3n) is 4.33. The van der Waals surface area contributed by atoms with Gasteiger partial charge < -0.3 is 19.8 Å². The summed E-state index contributed by atoms with van der Waals surface area (Å²) in [5, 5.41) is 4.82. The molecule has 1 fully saturated rings. The minimum atomic E-state index is -0.403. The summed E-state index contributed by atoms with van der Waals surface area (Å²) in [6.45, 7) is 0.325. The first kappa shape index (κ1) is 22.2. The fraction of sp³-hybridized carbons (Fsp3) is 0.238. The number of carbonyl (C=O) groups is 4. The third kappa shape index (κ3) is 5.98. The lowest BCUT2D eigenvalue weighted by Crippen LogP contribution is -2.38. The minimum absolute atomic E-state index is 0.0612. The van der Waals surface area contributed by atoms with Gasteiger partial charge in [0.15, 0.2) is 5.76 Å². The van der Waals surface area contributed by atoms with Gasteiger partial charge in [0, 0.05) is 26.1 Å². The summed E-state index contributed by atoms with van der Waals surface area (Å²) in [5.74, 6) is -0.241. The summed E-state index contributed by atoms with van der Waals surface area (Å²) in [6, 6.07) is 10.2. The van der Waals surface area contributed by atoms with Crippen LogP contribution in [0.25, 0.3) is 6.08 Å². The molecule has 0 bridgehead atoms. The Labute approximate surface area is 182 Å². The van der Waals surface area contributed by atoms with Gasteiger partial charge in [-0.15, -0.1) is 0 Å². The molecule has 1 saturated heterocycles. The van der Waals surface area contributed by atoms with Crippen LogP contribution in [0.3, 0.4) is 0 Å². The lowest BCUT2D eigenvalue weighted by molar-refractivity contribution is -0.124. The number of carbonyl (C=O) groups excluding carboxylic acids is 4. The predicted molar refractivity (Wildman–Crippen MR) is 114 cm³/mol. The van der Waals surface area contributed by atoms with E-state index in [0.29, 0.717) is 10.7 Å². The van der Waals surface area contributed by atoms with E-state index >= 15 is 0 Å². The molecule has 1 aliphatic rings. The number of hydrogen-bond donors (Lipinski definition) is 2. The van der Waals surface area contributed by atoms with Crippen molar-refractivity contribution in [3.8, 4) is 5.75 Å². The van der Waals surface area contributed by atoms with E-state index in [9.17, 15) is 19.2 Å². The van der Waals surface area contributed by atoms with E-state index < -0.39 is 11.8 Å². The zero-order chi connectivity index (χ0) is 22.2. The van der Waals surface area contributed by atoms with Crippen molar-refractivity contribution in [2.24, 2.45) is 0 Å². The second-order valence-corrected chi connectivity index (χ2v) is 7.43. The highest BCUT2D eigenvalue weighted by atomic mass is 32.2. The van der Waals surface area contributed by atoms with Crippen molar-refractivity contribution in [1.82, 2.24) is 15.5 Å².